The van der Waals surface area contributed by atoms with Crippen LogP contribution in [0.25, 0.3) is 0 Å². The minimum atomic E-state index is -0.877. The maximum atomic E-state index is 11.1. The van der Waals surface area contributed by atoms with Gasteiger partial charge in [0, 0.05) is 0 Å². The van der Waals surface area contributed by atoms with Gasteiger partial charge in [-0.15, -0.1) is 0 Å². The lowest BCUT2D eigenvalue weighted by Gasteiger charge is -2.15. The molecule has 1 atom stereocenters. The molecule has 4 heteroatoms. The van der Waals surface area contributed by atoms with Crippen molar-refractivity contribution in [3.8, 4) is 5.75 Å². The molecule has 0 saturated heterocycles. The van der Waals surface area contributed by atoms with Crippen molar-refractivity contribution < 1.29 is 14.6 Å². The third-order valence-electron chi connectivity index (χ3n) is 3.10. The predicted octanol–water partition coefficient (Wildman–Crippen LogP) is 2.86. The Bertz CT molecular complexity index is 389. The van der Waals surface area contributed by atoms with E-state index in [-0.39, 0.29) is 6.61 Å². The molecular weight excluding hydrogens is 254 g/mol. The zero-order valence-electron chi connectivity index (χ0n) is 12.4. The first-order valence-corrected chi connectivity index (χ1v) is 7.35. The number of benzene rings is 1. The second-order valence-corrected chi connectivity index (χ2v) is 4.90. The summed E-state index contributed by atoms with van der Waals surface area (Å²) in [7, 11) is 0. The fourth-order valence-electron chi connectivity index (χ4n) is 1.85. The van der Waals surface area contributed by atoms with E-state index < -0.39 is 12.0 Å². The van der Waals surface area contributed by atoms with Crippen molar-refractivity contribution in [3.63, 3.8) is 0 Å². The molecule has 0 aromatic heterocycles. The fraction of sp³-hybridized carbons (Fsp3) is 0.562. The van der Waals surface area contributed by atoms with Crippen LogP contribution in [0, 0.1) is 0 Å². The summed E-state index contributed by atoms with van der Waals surface area (Å²) in [6.07, 6.45) is 4.34. The van der Waals surface area contributed by atoms with Crippen LogP contribution in [0.1, 0.15) is 38.7 Å². The van der Waals surface area contributed by atoms with Gasteiger partial charge in [-0.3, -0.25) is 4.79 Å². The van der Waals surface area contributed by atoms with Crippen molar-refractivity contribution in [2.75, 3.05) is 13.2 Å². The molecule has 0 fully saturated rings. The van der Waals surface area contributed by atoms with Gasteiger partial charge in [0.1, 0.15) is 18.4 Å². The highest BCUT2D eigenvalue weighted by Gasteiger charge is 2.16. The van der Waals surface area contributed by atoms with E-state index in [1.807, 2.05) is 31.2 Å². The summed E-state index contributed by atoms with van der Waals surface area (Å²) in [4.78, 5) is 11.1. The van der Waals surface area contributed by atoms with Crippen LogP contribution in [0.3, 0.4) is 0 Å². The standard InChI is InChI=1S/C16H25NO3/c1-3-5-6-13-7-9-14(10-8-13)20-12-15(16(18)19)17-11-4-2/h7-10,15,17H,3-6,11-12H2,1-2H3,(H,18,19). The van der Waals surface area contributed by atoms with E-state index in [1.54, 1.807) is 0 Å². The summed E-state index contributed by atoms with van der Waals surface area (Å²) in [6, 6.07) is 7.24. The van der Waals surface area contributed by atoms with E-state index in [4.69, 9.17) is 9.84 Å². The lowest BCUT2D eigenvalue weighted by Crippen LogP contribution is -2.41. The average molecular weight is 279 g/mol. The van der Waals surface area contributed by atoms with Gasteiger partial charge in [-0.25, -0.2) is 0 Å². The van der Waals surface area contributed by atoms with Gasteiger partial charge in [0.25, 0.3) is 0 Å². The van der Waals surface area contributed by atoms with Crippen LogP contribution in [0.5, 0.6) is 5.75 Å². The van der Waals surface area contributed by atoms with Crippen LogP contribution in [0.4, 0.5) is 0 Å². The topological polar surface area (TPSA) is 58.6 Å². The van der Waals surface area contributed by atoms with Gasteiger partial charge in [-0.05, 0) is 43.5 Å². The molecule has 0 aliphatic rings. The molecule has 1 unspecified atom stereocenters. The molecule has 0 bridgehead atoms. The molecule has 20 heavy (non-hydrogen) atoms. The smallest absolute Gasteiger partial charge is 0.324 e. The van der Waals surface area contributed by atoms with Gasteiger partial charge in [0.05, 0.1) is 0 Å². The maximum Gasteiger partial charge on any atom is 0.324 e. The van der Waals surface area contributed by atoms with Crippen LogP contribution < -0.4 is 10.1 Å². The number of hydrogen-bond donors (Lipinski definition) is 2. The van der Waals surface area contributed by atoms with Crippen molar-refractivity contribution >= 4 is 5.97 Å². The molecule has 0 radical (unpaired) electrons. The Labute approximate surface area is 121 Å². The third-order valence-corrected chi connectivity index (χ3v) is 3.10. The van der Waals surface area contributed by atoms with Gasteiger partial charge < -0.3 is 15.2 Å². The van der Waals surface area contributed by atoms with Crippen LogP contribution in [0.2, 0.25) is 0 Å². The molecule has 0 aliphatic heterocycles. The first-order chi connectivity index (χ1) is 9.67. The molecule has 1 aromatic rings. The Morgan fingerprint density at radius 1 is 1.25 bits per heavy atom. The maximum absolute atomic E-state index is 11.1. The Morgan fingerprint density at radius 2 is 1.95 bits per heavy atom. The van der Waals surface area contributed by atoms with E-state index in [2.05, 4.69) is 12.2 Å². The molecule has 0 saturated carbocycles. The van der Waals surface area contributed by atoms with Crippen molar-refractivity contribution in [2.45, 2.75) is 45.6 Å². The normalized spacial score (nSPS) is 12.1. The Morgan fingerprint density at radius 3 is 2.50 bits per heavy atom. The Hall–Kier alpha value is -1.55. The minimum Gasteiger partial charge on any atom is -0.491 e. The lowest BCUT2D eigenvalue weighted by atomic mass is 10.1. The van der Waals surface area contributed by atoms with Crippen LogP contribution >= 0.6 is 0 Å². The summed E-state index contributed by atoms with van der Waals surface area (Å²) in [5.74, 6) is -0.159. The van der Waals surface area contributed by atoms with Crippen LogP contribution in [-0.2, 0) is 11.2 Å². The number of carboxylic acids is 1. The lowest BCUT2D eigenvalue weighted by molar-refractivity contribution is -0.140. The summed E-state index contributed by atoms with van der Waals surface area (Å²) in [5, 5.41) is 12.0. The van der Waals surface area contributed by atoms with Gasteiger partial charge in [0.2, 0.25) is 0 Å². The number of aliphatic carboxylic acids is 1. The number of hydrogen-bond acceptors (Lipinski definition) is 3. The second-order valence-electron chi connectivity index (χ2n) is 4.90. The van der Waals surface area contributed by atoms with Crippen molar-refractivity contribution in [1.29, 1.82) is 0 Å². The Kier molecular flexibility index (Phi) is 7.73. The predicted molar refractivity (Wildman–Crippen MR) is 80.3 cm³/mol. The van der Waals surface area contributed by atoms with Gasteiger partial charge in [0.15, 0.2) is 0 Å². The summed E-state index contributed by atoms with van der Waals surface area (Å²) in [6.45, 7) is 4.99. The molecule has 1 rings (SSSR count). The molecule has 1 aromatic carbocycles. The molecule has 0 heterocycles. The van der Waals surface area contributed by atoms with Crippen molar-refractivity contribution in [1.82, 2.24) is 5.32 Å². The van der Waals surface area contributed by atoms with Crippen LogP contribution in [-0.4, -0.2) is 30.3 Å². The zero-order chi connectivity index (χ0) is 14.8. The molecule has 0 amide bonds. The first kappa shape index (κ1) is 16.5. The molecular formula is C16H25NO3. The molecule has 112 valence electrons. The number of ether oxygens (including phenoxy) is 1. The molecule has 4 nitrogen and oxygen atoms in total. The van der Waals surface area contributed by atoms with E-state index in [1.165, 1.54) is 18.4 Å². The number of carbonyl (C=O) groups is 1. The zero-order valence-corrected chi connectivity index (χ0v) is 12.4. The average Bonchev–Trinajstić information content (AvgIpc) is 2.46. The number of unbranched alkanes of at least 4 members (excludes halogenated alkanes) is 1. The highest BCUT2D eigenvalue weighted by Crippen LogP contribution is 2.14. The number of rotatable bonds is 10. The SMILES string of the molecule is CCCCc1ccc(OCC(NCCC)C(=O)O)cc1. The van der Waals surface area contributed by atoms with E-state index >= 15 is 0 Å². The van der Waals surface area contributed by atoms with Crippen molar-refractivity contribution in [2.24, 2.45) is 0 Å². The fourth-order valence-corrected chi connectivity index (χ4v) is 1.85. The number of nitrogens with one attached hydrogen (secondary N) is 1. The Balaban J connectivity index is 2.44. The van der Waals surface area contributed by atoms with Crippen molar-refractivity contribution in [3.05, 3.63) is 29.8 Å². The summed E-state index contributed by atoms with van der Waals surface area (Å²) >= 11 is 0. The largest absolute Gasteiger partial charge is 0.491 e. The first-order valence-electron chi connectivity index (χ1n) is 7.35. The number of carboxylic acid groups (broad SMARTS) is 1. The highest BCUT2D eigenvalue weighted by atomic mass is 16.5. The summed E-state index contributed by atoms with van der Waals surface area (Å²) in [5.41, 5.74) is 1.29. The number of aryl methyl sites for hydroxylation is 1. The highest BCUT2D eigenvalue weighted by molar-refractivity contribution is 5.73. The van der Waals surface area contributed by atoms with Gasteiger partial charge >= 0.3 is 5.97 Å². The quantitative estimate of drug-likeness (QED) is 0.691. The van der Waals surface area contributed by atoms with Gasteiger partial charge in [-0.1, -0.05) is 32.4 Å². The third kappa shape index (κ3) is 6.06. The monoisotopic (exact) mass is 279 g/mol. The molecule has 0 aliphatic carbocycles. The van der Waals surface area contributed by atoms with E-state index in [9.17, 15) is 4.79 Å². The second kappa shape index (κ2) is 9.37. The minimum absolute atomic E-state index is 0.143. The van der Waals surface area contributed by atoms with Crippen LogP contribution in [0.15, 0.2) is 24.3 Å². The summed E-state index contributed by atoms with van der Waals surface area (Å²) < 4.78 is 5.54. The molecule has 2 N–H and O–H groups in total. The van der Waals surface area contributed by atoms with Gasteiger partial charge in [-0.2, -0.15) is 0 Å². The molecule has 0 spiro atoms. The van der Waals surface area contributed by atoms with E-state index in [0.717, 1.165) is 18.6 Å². The van der Waals surface area contributed by atoms with E-state index in [0.29, 0.717) is 6.54 Å².